The van der Waals surface area contributed by atoms with E-state index < -0.39 is 11.7 Å². The van der Waals surface area contributed by atoms with Crippen molar-refractivity contribution in [2.24, 2.45) is 0 Å². The van der Waals surface area contributed by atoms with Crippen LogP contribution >= 0.6 is 0 Å². The van der Waals surface area contributed by atoms with E-state index in [1.807, 2.05) is 18.2 Å². The standard InChI is InChI=1S/C23H21F3N2O2/c24-23(25,26)17-6-4-5-16(15-17)20-9-10-21(30-20)22(29)27-18-11-13-28(14-12-18)19-7-2-1-3-8-19/h1-10,15,18H,11-14H2,(H,27,29). The molecule has 4 nitrogen and oxygen atoms in total. The lowest BCUT2D eigenvalue weighted by atomic mass is 10.0. The highest BCUT2D eigenvalue weighted by atomic mass is 19.4. The second-order valence-electron chi connectivity index (χ2n) is 7.31. The molecule has 1 aromatic heterocycles. The summed E-state index contributed by atoms with van der Waals surface area (Å²) in [5.74, 6) is -0.0376. The van der Waals surface area contributed by atoms with Crippen LogP contribution in [0.15, 0.2) is 71.1 Å². The number of benzene rings is 2. The Kier molecular flexibility index (Phi) is 5.53. The van der Waals surface area contributed by atoms with Crippen LogP contribution in [-0.2, 0) is 6.18 Å². The molecule has 2 aromatic carbocycles. The minimum atomic E-state index is -4.43. The Bertz CT molecular complexity index is 1010. The number of piperidine rings is 1. The van der Waals surface area contributed by atoms with Gasteiger partial charge in [-0.2, -0.15) is 13.2 Å². The maximum absolute atomic E-state index is 12.9. The van der Waals surface area contributed by atoms with E-state index >= 15 is 0 Å². The number of hydrogen-bond donors (Lipinski definition) is 1. The third-order valence-corrected chi connectivity index (χ3v) is 5.26. The first-order valence-electron chi connectivity index (χ1n) is 9.78. The molecule has 1 N–H and O–H groups in total. The third kappa shape index (κ3) is 4.50. The molecule has 2 heterocycles. The number of para-hydroxylation sites is 1. The van der Waals surface area contributed by atoms with Gasteiger partial charge in [-0.15, -0.1) is 0 Å². The highest BCUT2D eigenvalue weighted by Gasteiger charge is 2.30. The molecule has 0 unspecified atom stereocenters. The van der Waals surface area contributed by atoms with Crippen LogP contribution in [0.25, 0.3) is 11.3 Å². The molecular weight excluding hydrogens is 393 g/mol. The summed E-state index contributed by atoms with van der Waals surface area (Å²) in [5, 5.41) is 2.97. The lowest BCUT2D eigenvalue weighted by Gasteiger charge is -2.33. The van der Waals surface area contributed by atoms with Crippen LogP contribution in [0.3, 0.4) is 0 Å². The van der Waals surface area contributed by atoms with Crippen molar-refractivity contribution in [1.29, 1.82) is 0 Å². The van der Waals surface area contributed by atoms with Crippen LogP contribution in [0.2, 0.25) is 0 Å². The molecule has 0 saturated carbocycles. The Morgan fingerprint density at radius 3 is 2.40 bits per heavy atom. The zero-order chi connectivity index (χ0) is 21.1. The number of hydrogen-bond acceptors (Lipinski definition) is 3. The maximum atomic E-state index is 12.9. The van der Waals surface area contributed by atoms with Crippen molar-refractivity contribution in [2.45, 2.75) is 25.1 Å². The summed E-state index contributed by atoms with van der Waals surface area (Å²) in [6.45, 7) is 1.67. The first-order valence-corrected chi connectivity index (χ1v) is 9.78. The van der Waals surface area contributed by atoms with E-state index in [4.69, 9.17) is 4.42 Å². The first kappa shape index (κ1) is 20.1. The predicted molar refractivity (Wildman–Crippen MR) is 108 cm³/mol. The fourth-order valence-electron chi connectivity index (χ4n) is 3.64. The summed E-state index contributed by atoms with van der Waals surface area (Å²) < 4.78 is 44.3. The van der Waals surface area contributed by atoms with Gasteiger partial charge in [0.2, 0.25) is 0 Å². The highest BCUT2D eigenvalue weighted by Crippen LogP contribution is 2.32. The van der Waals surface area contributed by atoms with E-state index in [0.717, 1.165) is 38.1 Å². The van der Waals surface area contributed by atoms with Crippen LogP contribution in [0.5, 0.6) is 0 Å². The average Bonchev–Trinajstić information content (AvgIpc) is 3.25. The van der Waals surface area contributed by atoms with E-state index in [2.05, 4.69) is 22.3 Å². The molecule has 0 radical (unpaired) electrons. The Morgan fingerprint density at radius 2 is 1.70 bits per heavy atom. The first-order chi connectivity index (χ1) is 14.4. The number of nitrogens with zero attached hydrogens (tertiary/aromatic N) is 1. The van der Waals surface area contributed by atoms with Crippen molar-refractivity contribution in [3.8, 4) is 11.3 Å². The number of furan rings is 1. The number of carbonyl (C=O) groups excluding carboxylic acids is 1. The normalized spacial score (nSPS) is 15.2. The van der Waals surface area contributed by atoms with Crippen molar-refractivity contribution < 1.29 is 22.4 Å². The van der Waals surface area contributed by atoms with Crippen molar-refractivity contribution in [1.82, 2.24) is 5.32 Å². The molecule has 1 amide bonds. The lowest BCUT2D eigenvalue weighted by molar-refractivity contribution is -0.137. The van der Waals surface area contributed by atoms with Crippen LogP contribution in [0.4, 0.5) is 18.9 Å². The Morgan fingerprint density at radius 1 is 0.967 bits per heavy atom. The Hall–Kier alpha value is -3.22. The van der Waals surface area contributed by atoms with Gasteiger partial charge in [-0.3, -0.25) is 4.79 Å². The van der Waals surface area contributed by atoms with Gasteiger partial charge in [-0.05, 0) is 49.2 Å². The Labute approximate surface area is 172 Å². The minimum Gasteiger partial charge on any atom is -0.451 e. The van der Waals surface area contributed by atoms with Gasteiger partial charge in [-0.25, -0.2) is 0 Å². The molecule has 0 atom stereocenters. The van der Waals surface area contributed by atoms with Gasteiger partial charge in [0.05, 0.1) is 5.56 Å². The molecule has 0 aliphatic carbocycles. The SMILES string of the molecule is O=C(NC1CCN(c2ccccc2)CC1)c1ccc(-c2cccc(C(F)(F)F)c2)o1. The fourth-order valence-corrected chi connectivity index (χ4v) is 3.64. The molecule has 4 rings (SSSR count). The van der Waals surface area contributed by atoms with Crippen molar-refractivity contribution in [3.05, 3.63) is 78.1 Å². The molecule has 156 valence electrons. The van der Waals surface area contributed by atoms with Gasteiger partial charge < -0.3 is 14.6 Å². The summed E-state index contributed by atoms with van der Waals surface area (Å²) in [6, 6.07) is 18.0. The van der Waals surface area contributed by atoms with Gasteiger partial charge >= 0.3 is 6.18 Å². The van der Waals surface area contributed by atoms with Crippen LogP contribution in [-0.4, -0.2) is 25.0 Å². The molecular formula is C23H21F3N2O2. The number of rotatable bonds is 4. The van der Waals surface area contributed by atoms with Gasteiger partial charge in [0.25, 0.3) is 5.91 Å². The summed E-state index contributed by atoms with van der Waals surface area (Å²) in [6.07, 6.45) is -2.82. The van der Waals surface area contributed by atoms with Gasteiger partial charge in [-0.1, -0.05) is 30.3 Å². The average molecular weight is 414 g/mol. The molecule has 0 spiro atoms. The third-order valence-electron chi connectivity index (χ3n) is 5.26. The molecule has 7 heteroatoms. The molecule has 1 fully saturated rings. The van der Waals surface area contributed by atoms with Gasteiger partial charge in [0.1, 0.15) is 5.76 Å². The van der Waals surface area contributed by atoms with Crippen LogP contribution in [0, 0.1) is 0 Å². The van der Waals surface area contributed by atoms with E-state index in [1.54, 1.807) is 0 Å². The smallest absolute Gasteiger partial charge is 0.416 e. The van der Waals surface area contributed by atoms with Crippen LogP contribution < -0.4 is 10.2 Å². The number of alkyl halides is 3. The van der Waals surface area contributed by atoms with Crippen molar-refractivity contribution in [2.75, 3.05) is 18.0 Å². The van der Waals surface area contributed by atoms with E-state index in [0.29, 0.717) is 0 Å². The zero-order valence-electron chi connectivity index (χ0n) is 16.2. The summed E-state index contributed by atoms with van der Waals surface area (Å²) in [7, 11) is 0. The molecule has 3 aromatic rings. The predicted octanol–water partition coefficient (Wildman–Crippen LogP) is 5.36. The van der Waals surface area contributed by atoms with Crippen molar-refractivity contribution >= 4 is 11.6 Å². The largest absolute Gasteiger partial charge is 0.451 e. The molecule has 0 bridgehead atoms. The van der Waals surface area contributed by atoms with E-state index in [-0.39, 0.29) is 29.0 Å². The summed E-state index contributed by atoms with van der Waals surface area (Å²) in [4.78, 5) is 14.8. The quantitative estimate of drug-likeness (QED) is 0.625. The molecule has 1 aliphatic heterocycles. The van der Waals surface area contributed by atoms with E-state index in [1.165, 1.54) is 30.0 Å². The number of anilines is 1. The fraction of sp³-hybridized carbons (Fsp3) is 0.261. The number of halogens is 3. The van der Waals surface area contributed by atoms with E-state index in [9.17, 15) is 18.0 Å². The number of nitrogens with one attached hydrogen (secondary N) is 1. The topological polar surface area (TPSA) is 45.5 Å². The minimum absolute atomic E-state index is 0.0274. The van der Waals surface area contributed by atoms with Gasteiger partial charge in [0.15, 0.2) is 5.76 Å². The highest BCUT2D eigenvalue weighted by molar-refractivity contribution is 5.92. The lowest BCUT2D eigenvalue weighted by Crippen LogP contribution is -2.44. The molecule has 30 heavy (non-hydrogen) atoms. The summed E-state index contributed by atoms with van der Waals surface area (Å²) in [5.41, 5.74) is 0.687. The van der Waals surface area contributed by atoms with Crippen LogP contribution in [0.1, 0.15) is 29.0 Å². The summed E-state index contributed by atoms with van der Waals surface area (Å²) >= 11 is 0. The van der Waals surface area contributed by atoms with Gasteiger partial charge in [0, 0.05) is 30.4 Å². The Balaban J connectivity index is 1.37. The number of amides is 1. The second-order valence-corrected chi connectivity index (χ2v) is 7.31. The molecule has 1 aliphatic rings. The second kappa shape index (κ2) is 8.26. The monoisotopic (exact) mass is 414 g/mol. The van der Waals surface area contributed by atoms with Crippen molar-refractivity contribution in [3.63, 3.8) is 0 Å². The number of carbonyl (C=O) groups is 1. The molecule has 1 saturated heterocycles. The zero-order valence-corrected chi connectivity index (χ0v) is 16.2. The maximum Gasteiger partial charge on any atom is 0.416 e.